The van der Waals surface area contributed by atoms with E-state index >= 15 is 0 Å². The molecule has 0 radical (unpaired) electrons. The normalized spacial score (nSPS) is 20.2. The van der Waals surface area contributed by atoms with E-state index in [0.717, 1.165) is 10.6 Å². The van der Waals surface area contributed by atoms with Crippen LogP contribution in [0.25, 0.3) is 10.6 Å². The van der Waals surface area contributed by atoms with Crippen molar-refractivity contribution in [3.63, 3.8) is 0 Å². The number of nitrogens with zero attached hydrogens (tertiary/aromatic N) is 2. The third-order valence-electron chi connectivity index (χ3n) is 3.96. The van der Waals surface area contributed by atoms with Gasteiger partial charge in [0.2, 0.25) is 10.0 Å². The molecule has 1 saturated heterocycles. The molecule has 1 N–H and O–H groups in total. The molecule has 0 unspecified atom stereocenters. The number of ether oxygens (including phenoxy) is 2. The monoisotopic (exact) mass is 393 g/mol. The molecule has 0 amide bonds. The summed E-state index contributed by atoms with van der Waals surface area (Å²) < 4.78 is 38.0. The lowest BCUT2D eigenvalue weighted by molar-refractivity contribution is 0.139. The van der Waals surface area contributed by atoms with Crippen molar-refractivity contribution in [2.75, 3.05) is 13.2 Å². The molecule has 1 fully saturated rings. The Labute approximate surface area is 156 Å². The summed E-state index contributed by atoms with van der Waals surface area (Å²) in [6.07, 6.45) is 1.18. The molecule has 3 heterocycles. The Kier molecular flexibility index (Phi) is 5.58. The van der Waals surface area contributed by atoms with E-state index in [1.54, 1.807) is 32.2 Å². The van der Waals surface area contributed by atoms with Crippen LogP contribution < -0.4 is 9.46 Å². The molecular weight excluding hydrogens is 374 g/mol. The predicted molar refractivity (Wildman–Crippen MR) is 98.5 cm³/mol. The lowest BCUT2D eigenvalue weighted by Gasteiger charge is -2.21. The lowest BCUT2D eigenvalue weighted by atomic mass is 10.2. The lowest BCUT2D eigenvalue weighted by Crippen LogP contribution is -2.47. The number of hydrogen-bond acceptors (Lipinski definition) is 7. The maximum Gasteiger partial charge on any atom is 0.214 e. The SMILES string of the molecule is CC(C)S(=O)(=O)N[C@H]1COC[C@H]1Oc1ccc(-c2ccc(C#N)s2)nc1. The van der Waals surface area contributed by atoms with Gasteiger partial charge >= 0.3 is 0 Å². The molecule has 0 bridgehead atoms. The Morgan fingerprint density at radius 2 is 2.15 bits per heavy atom. The Morgan fingerprint density at radius 1 is 1.35 bits per heavy atom. The van der Waals surface area contributed by atoms with Crippen LogP contribution >= 0.6 is 11.3 Å². The zero-order valence-corrected chi connectivity index (χ0v) is 16.0. The first kappa shape index (κ1) is 18.8. The van der Waals surface area contributed by atoms with Gasteiger partial charge in [-0.15, -0.1) is 11.3 Å². The van der Waals surface area contributed by atoms with Crippen LogP contribution in [0.3, 0.4) is 0 Å². The highest BCUT2D eigenvalue weighted by molar-refractivity contribution is 7.90. The Bertz CT molecular complexity index is 901. The average molecular weight is 393 g/mol. The summed E-state index contributed by atoms with van der Waals surface area (Å²) in [7, 11) is -3.40. The maximum absolute atomic E-state index is 12.1. The first-order valence-corrected chi connectivity index (χ1v) is 10.5. The highest BCUT2D eigenvalue weighted by Crippen LogP contribution is 2.27. The van der Waals surface area contributed by atoms with Crippen LogP contribution in [0.5, 0.6) is 5.75 Å². The van der Waals surface area contributed by atoms with Crippen LogP contribution in [0.4, 0.5) is 0 Å². The Hall–Kier alpha value is -1.99. The molecule has 3 rings (SSSR count). The highest BCUT2D eigenvalue weighted by atomic mass is 32.2. The van der Waals surface area contributed by atoms with Gasteiger partial charge in [0.15, 0.2) is 0 Å². The molecule has 2 aromatic heterocycles. The molecule has 0 saturated carbocycles. The van der Waals surface area contributed by atoms with Crippen LogP contribution in [-0.4, -0.2) is 44.0 Å². The third-order valence-corrected chi connectivity index (χ3v) is 6.84. The molecular formula is C17H19N3O4S2. The van der Waals surface area contributed by atoms with Gasteiger partial charge in [-0.2, -0.15) is 5.26 Å². The summed E-state index contributed by atoms with van der Waals surface area (Å²) in [6, 6.07) is 8.87. The maximum atomic E-state index is 12.1. The fourth-order valence-corrected chi connectivity index (χ4v) is 4.11. The minimum atomic E-state index is -3.40. The van der Waals surface area contributed by atoms with Gasteiger partial charge in [0.05, 0.1) is 41.3 Å². The van der Waals surface area contributed by atoms with Gasteiger partial charge in [0, 0.05) is 0 Å². The van der Waals surface area contributed by atoms with Crippen molar-refractivity contribution < 1.29 is 17.9 Å². The summed E-state index contributed by atoms with van der Waals surface area (Å²) in [5, 5.41) is 8.38. The molecule has 9 heteroatoms. The van der Waals surface area contributed by atoms with Crippen molar-refractivity contribution in [2.45, 2.75) is 31.2 Å². The molecule has 138 valence electrons. The second-order valence-corrected chi connectivity index (χ2v) is 9.52. The number of thiophene rings is 1. The smallest absolute Gasteiger partial charge is 0.214 e. The number of sulfonamides is 1. The molecule has 2 aromatic rings. The molecule has 26 heavy (non-hydrogen) atoms. The van der Waals surface area contributed by atoms with Gasteiger partial charge < -0.3 is 9.47 Å². The minimum Gasteiger partial charge on any atom is -0.485 e. The minimum absolute atomic E-state index is 0.272. The van der Waals surface area contributed by atoms with E-state index in [0.29, 0.717) is 17.2 Å². The zero-order valence-electron chi connectivity index (χ0n) is 14.4. The van der Waals surface area contributed by atoms with Gasteiger partial charge in [-0.3, -0.25) is 4.98 Å². The van der Waals surface area contributed by atoms with Gasteiger partial charge in [-0.1, -0.05) is 0 Å². The number of rotatable bonds is 6. The molecule has 2 atom stereocenters. The van der Waals surface area contributed by atoms with Crippen molar-refractivity contribution in [1.82, 2.24) is 9.71 Å². The fourth-order valence-electron chi connectivity index (χ4n) is 2.41. The van der Waals surface area contributed by atoms with Gasteiger partial charge in [0.25, 0.3) is 0 Å². The van der Waals surface area contributed by atoms with Crippen molar-refractivity contribution in [3.8, 4) is 22.4 Å². The van der Waals surface area contributed by atoms with E-state index in [2.05, 4.69) is 15.8 Å². The Morgan fingerprint density at radius 3 is 2.77 bits per heavy atom. The number of nitriles is 1. The summed E-state index contributed by atoms with van der Waals surface area (Å²) in [6.45, 7) is 3.83. The van der Waals surface area contributed by atoms with E-state index in [1.165, 1.54) is 11.3 Å². The molecule has 1 aliphatic rings. The van der Waals surface area contributed by atoms with E-state index < -0.39 is 27.4 Å². The molecule has 1 aliphatic heterocycles. The number of pyridine rings is 1. The van der Waals surface area contributed by atoms with Crippen LogP contribution in [0, 0.1) is 11.3 Å². The van der Waals surface area contributed by atoms with Gasteiger partial charge in [-0.05, 0) is 38.1 Å². The largest absolute Gasteiger partial charge is 0.485 e. The van der Waals surface area contributed by atoms with Crippen LogP contribution in [-0.2, 0) is 14.8 Å². The fraction of sp³-hybridized carbons (Fsp3) is 0.412. The van der Waals surface area contributed by atoms with E-state index in [1.807, 2.05) is 12.1 Å². The molecule has 0 spiro atoms. The summed E-state index contributed by atoms with van der Waals surface area (Å²) >= 11 is 1.37. The third kappa shape index (κ3) is 4.22. The van der Waals surface area contributed by atoms with E-state index in [-0.39, 0.29) is 6.61 Å². The summed E-state index contributed by atoms with van der Waals surface area (Å²) in [4.78, 5) is 5.90. The van der Waals surface area contributed by atoms with Crippen molar-refractivity contribution >= 4 is 21.4 Å². The van der Waals surface area contributed by atoms with Crippen LogP contribution in [0.15, 0.2) is 30.5 Å². The molecule has 0 aliphatic carbocycles. The zero-order chi connectivity index (χ0) is 18.7. The van der Waals surface area contributed by atoms with E-state index in [4.69, 9.17) is 14.7 Å². The average Bonchev–Trinajstić information content (AvgIpc) is 3.25. The quantitative estimate of drug-likeness (QED) is 0.807. The molecule has 0 aromatic carbocycles. The van der Waals surface area contributed by atoms with Crippen molar-refractivity contribution in [3.05, 3.63) is 35.3 Å². The molecule has 7 nitrogen and oxygen atoms in total. The van der Waals surface area contributed by atoms with Crippen molar-refractivity contribution in [1.29, 1.82) is 5.26 Å². The van der Waals surface area contributed by atoms with Crippen LogP contribution in [0.2, 0.25) is 0 Å². The topological polar surface area (TPSA) is 101 Å². The number of nitrogens with one attached hydrogen (secondary N) is 1. The first-order valence-electron chi connectivity index (χ1n) is 8.11. The highest BCUT2D eigenvalue weighted by Gasteiger charge is 2.34. The number of hydrogen-bond donors (Lipinski definition) is 1. The predicted octanol–water partition coefficient (Wildman–Crippen LogP) is 2.16. The van der Waals surface area contributed by atoms with Gasteiger partial charge in [0.1, 0.15) is 22.8 Å². The van der Waals surface area contributed by atoms with Crippen LogP contribution in [0.1, 0.15) is 18.7 Å². The second-order valence-electron chi connectivity index (χ2n) is 6.17. The number of aromatic nitrogens is 1. The van der Waals surface area contributed by atoms with Crippen molar-refractivity contribution in [2.24, 2.45) is 0 Å². The standard InChI is InChI=1S/C17H19N3O4S2/c1-11(2)26(21,22)20-15-9-23-10-16(15)24-12-3-5-14(19-8-12)17-6-4-13(7-18)25-17/h3-6,8,11,15-16,20H,9-10H2,1-2H3/t15-,16+/m0/s1. The van der Waals surface area contributed by atoms with Gasteiger partial charge in [-0.25, -0.2) is 13.1 Å². The van der Waals surface area contributed by atoms with E-state index in [9.17, 15) is 8.42 Å². The first-order chi connectivity index (χ1) is 12.4. The summed E-state index contributed by atoms with van der Waals surface area (Å²) in [5.74, 6) is 0.537. The Balaban J connectivity index is 1.67. The second kappa shape index (κ2) is 7.72. The summed E-state index contributed by atoms with van der Waals surface area (Å²) in [5.41, 5.74) is 0.753.